The Morgan fingerprint density at radius 1 is 1.04 bits per heavy atom. The number of carbonyl (C=O) groups is 1. The van der Waals surface area contributed by atoms with Gasteiger partial charge in [0.05, 0.1) is 10.5 Å². The van der Waals surface area contributed by atoms with Crippen LogP contribution < -0.4 is 10.2 Å². The first-order valence-corrected chi connectivity index (χ1v) is 10.5. The van der Waals surface area contributed by atoms with Crippen LogP contribution in [-0.4, -0.2) is 45.8 Å². The minimum atomic E-state index is -3.77. The van der Waals surface area contributed by atoms with Crippen molar-refractivity contribution in [2.24, 2.45) is 0 Å². The third-order valence-electron chi connectivity index (χ3n) is 4.43. The average molecular weight is 408 g/mol. The number of nitrogens with zero attached hydrogens (tertiary/aromatic N) is 2. The second-order valence-corrected chi connectivity index (χ2v) is 8.41. The van der Waals surface area contributed by atoms with Gasteiger partial charge in [0.15, 0.2) is 0 Å². The number of carbonyl (C=O) groups excluding carboxylic acids is 1. The van der Waals surface area contributed by atoms with Gasteiger partial charge in [-0.1, -0.05) is 26.0 Å². The van der Waals surface area contributed by atoms with Crippen LogP contribution in [0.4, 0.5) is 10.1 Å². The lowest BCUT2D eigenvalue weighted by molar-refractivity contribution is 0.0946. The molecule has 0 spiro atoms. The van der Waals surface area contributed by atoms with Gasteiger partial charge < -0.3 is 10.2 Å². The lowest BCUT2D eigenvalue weighted by Gasteiger charge is -2.19. The Hall–Kier alpha value is -2.45. The van der Waals surface area contributed by atoms with Gasteiger partial charge in [0.2, 0.25) is 10.0 Å². The summed E-state index contributed by atoms with van der Waals surface area (Å²) in [7, 11) is 0.0867. The summed E-state index contributed by atoms with van der Waals surface area (Å²) in [6, 6.07) is 10.9. The number of rotatable bonds is 8. The molecule has 0 aromatic heterocycles. The Morgan fingerprint density at radius 3 is 2.18 bits per heavy atom. The maximum atomic E-state index is 14.2. The fourth-order valence-electron chi connectivity index (χ4n) is 2.74. The normalized spacial score (nSPS) is 11.5. The topological polar surface area (TPSA) is 69.7 Å². The summed E-state index contributed by atoms with van der Waals surface area (Å²) in [4.78, 5) is 14.3. The Kier molecular flexibility index (Phi) is 7.15. The number of anilines is 1. The first-order valence-electron chi connectivity index (χ1n) is 9.04. The quantitative estimate of drug-likeness (QED) is 0.731. The van der Waals surface area contributed by atoms with Gasteiger partial charge in [-0.3, -0.25) is 4.79 Å². The molecule has 0 bridgehead atoms. The predicted octanol–water partition coefficient (Wildman–Crippen LogP) is 2.85. The molecule has 0 aliphatic carbocycles. The van der Waals surface area contributed by atoms with Crippen molar-refractivity contribution < 1.29 is 17.6 Å². The smallest absolute Gasteiger partial charge is 0.254 e. The summed E-state index contributed by atoms with van der Waals surface area (Å²) < 4.78 is 40.7. The van der Waals surface area contributed by atoms with Gasteiger partial charge in [0.1, 0.15) is 5.82 Å². The molecular weight excluding hydrogens is 381 g/mol. The number of hydrogen-bond acceptors (Lipinski definition) is 4. The molecule has 152 valence electrons. The molecule has 0 aliphatic rings. The fourth-order valence-corrected chi connectivity index (χ4v) is 4.23. The Balaban J connectivity index is 2.19. The van der Waals surface area contributed by atoms with Crippen molar-refractivity contribution in [3.05, 3.63) is 59.4 Å². The highest BCUT2D eigenvalue weighted by atomic mass is 32.2. The molecule has 6 nitrogen and oxygen atoms in total. The zero-order chi connectivity index (χ0) is 20.9. The minimum Gasteiger partial charge on any atom is -0.378 e. The van der Waals surface area contributed by atoms with Gasteiger partial charge in [0, 0.05) is 39.4 Å². The summed E-state index contributed by atoms with van der Waals surface area (Å²) in [5.41, 5.74) is 1.58. The third kappa shape index (κ3) is 4.88. The summed E-state index contributed by atoms with van der Waals surface area (Å²) in [6.45, 7) is 4.24. The standard InChI is InChI=1S/C20H26FN3O3S/c1-5-24(6-2)28(26,27)17-11-12-19(21)18(13-17)20(25)22-14-15-7-9-16(10-8-15)23(3)4/h7-13H,5-6,14H2,1-4H3,(H,22,25). The molecule has 2 aromatic carbocycles. The molecule has 1 amide bonds. The molecule has 28 heavy (non-hydrogen) atoms. The van der Waals surface area contributed by atoms with E-state index in [2.05, 4.69) is 5.32 Å². The predicted molar refractivity (Wildman–Crippen MR) is 108 cm³/mol. The van der Waals surface area contributed by atoms with E-state index in [-0.39, 0.29) is 17.0 Å². The van der Waals surface area contributed by atoms with Crippen molar-refractivity contribution in [3.8, 4) is 0 Å². The monoisotopic (exact) mass is 407 g/mol. The van der Waals surface area contributed by atoms with E-state index in [4.69, 9.17) is 0 Å². The molecule has 0 radical (unpaired) electrons. The Labute approximate surface area is 166 Å². The van der Waals surface area contributed by atoms with Crippen LogP contribution >= 0.6 is 0 Å². The lowest BCUT2D eigenvalue weighted by atomic mass is 10.1. The van der Waals surface area contributed by atoms with Crippen LogP contribution in [0.1, 0.15) is 29.8 Å². The highest BCUT2D eigenvalue weighted by Gasteiger charge is 2.24. The molecule has 0 unspecified atom stereocenters. The van der Waals surface area contributed by atoms with E-state index in [1.165, 1.54) is 10.4 Å². The summed E-state index contributed by atoms with van der Waals surface area (Å²) in [5.74, 6) is -1.43. The van der Waals surface area contributed by atoms with Gasteiger partial charge in [0.25, 0.3) is 5.91 Å². The van der Waals surface area contributed by atoms with Crippen molar-refractivity contribution >= 4 is 21.6 Å². The minimum absolute atomic E-state index is 0.0990. The molecule has 0 saturated heterocycles. The van der Waals surface area contributed by atoms with Gasteiger partial charge >= 0.3 is 0 Å². The van der Waals surface area contributed by atoms with Crippen LogP contribution in [0.3, 0.4) is 0 Å². The van der Waals surface area contributed by atoms with Gasteiger partial charge in [-0.05, 0) is 35.9 Å². The molecule has 8 heteroatoms. The van der Waals surface area contributed by atoms with Crippen LogP contribution in [0.5, 0.6) is 0 Å². The first-order chi connectivity index (χ1) is 13.2. The molecule has 2 aromatic rings. The molecule has 0 fully saturated rings. The molecular formula is C20H26FN3O3S. The van der Waals surface area contributed by atoms with Crippen LogP contribution in [0.2, 0.25) is 0 Å². The highest BCUT2D eigenvalue weighted by Crippen LogP contribution is 2.19. The maximum Gasteiger partial charge on any atom is 0.254 e. The van der Waals surface area contributed by atoms with Gasteiger partial charge in [-0.2, -0.15) is 4.31 Å². The Bertz CT molecular complexity index is 924. The van der Waals surface area contributed by atoms with E-state index < -0.39 is 21.7 Å². The van der Waals surface area contributed by atoms with Crippen molar-refractivity contribution in [3.63, 3.8) is 0 Å². The molecule has 0 heterocycles. The highest BCUT2D eigenvalue weighted by molar-refractivity contribution is 7.89. The molecule has 0 aliphatic heterocycles. The summed E-state index contributed by atoms with van der Waals surface area (Å²) in [6.07, 6.45) is 0. The van der Waals surface area contributed by atoms with Crippen molar-refractivity contribution in [1.29, 1.82) is 0 Å². The Morgan fingerprint density at radius 2 is 1.64 bits per heavy atom. The largest absolute Gasteiger partial charge is 0.378 e. The fraction of sp³-hybridized carbons (Fsp3) is 0.350. The van der Waals surface area contributed by atoms with Crippen molar-refractivity contribution in [2.45, 2.75) is 25.3 Å². The van der Waals surface area contributed by atoms with Gasteiger partial charge in [-0.15, -0.1) is 0 Å². The zero-order valence-electron chi connectivity index (χ0n) is 16.6. The van der Waals surface area contributed by atoms with E-state index in [1.54, 1.807) is 13.8 Å². The molecule has 0 atom stereocenters. The summed E-state index contributed by atoms with van der Waals surface area (Å²) >= 11 is 0. The van der Waals surface area contributed by atoms with E-state index in [0.717, 1.165) is 23.4 Å². The van der Waals surface area contributed by atoms with Crippen LogP contribution in [0.25, 0.3) is 0 Å². The van der Waals surface area contributed by atoms with Crippen molar-refractivity contribution in [2.75, 3.05) is 32.1 Å². The molecule has 1 N–H and O–H groups in total. The number of sulfonamides is 1. The van der Waals surface area contributed by atoms with Crippen LogP contribution in [-0.2, 0) is 16.6 Å². The molecule has 0 saturated carbocycles. The number of benzene rings is 2. The SMILES string of the molecule is CCN(CC)S(=O)(=O)c1ccc(F)c(C(=O)NCc2ccc(N(C)C)cc2)c1. The maximum absolute atomic E-state index is 14.2. The third-order valence-corrected chi connectivity index (χ3v) is 6.48. The van der Waals surface area contributed by atoms with Crippen LogP contribution in [0.15, 0.2) is 47.4 Å². The first kappa shape index (κ1) is 21.8. The average Bonchev–Trinajstić information content (AvgIpc) is 2.67. The number of nitrogens with one attached hydrogen (secondary N) is 1. The van der Waals surface area contributed by atoms with E-state index >= 15 is 0 Å². The molecule has 2 rings (SSSR count). The number of amides is 1. The number of halogens is 1. The lowest BCUT2D eigenvalue weighted by Crippen LogP contribution is -2.31. The zero-order valence-corrected chi connectivity index (χ0v) is 17.4. The van der Waals surface area contributed by atoms with E-state index in [1.807, 2.05) is 43.3 Å². The van der Waals surface area contributed by atoms with Gasteiger partial charge in [-0.25, -0.2) is 12.8 Å². The van der Waals surface area contributed by atoms with E-state index in [0.29, 0.717) is 13.1 Å². The van der Waals surface area contributed by atoms with E-state index in [9.17, 15) is 17.6 Å². The second kappa shape index (κ2) is 9.16. The summed E-state index contributed by atoms with van der Waals surface area (Å²) in [5, 5.41) is 2.64. The number of hydrogen-bond donors (Lipinski definition) is 1. The van der Waals surface area contributed by atoms with Crippen LogP contribution in [0, 0.1) is 5.82 Å². The second-order valence-electron chi connectivity index (χ2n) is 6.47. The van der Waals surface area contributed by atoms with Crippen molar-refractivity contribution in [1.82, 2.24) is 9.62 Å².